The lowest BCUT2D eigenvalue weighted by atomic mass is 10.1. The van der Waals surface area contributed by atoms with Crippen molar-refractivity contribution < 1.29 is 14.0 Å². The number of hydrogen-bond acceptors (Lipinski definition) is 6. The van der Waals surface area contributed by atoms with Gasteiger partial charge in [0.15, 0.2) is 0 Å². The summed E-state index contributed by atoms with van der Waals surface area (Å²) >= 11 is 0. The first-order chi connectivity index (χ1) is 13.5. The minimum atomic E-state index is -0.225. The number of furan rings is 1. The molecule has 9 nitrogen and oxygen atoms in total. The molecule has 10 heteroatoms. The number of nitrogens with one attached hydrogen (secondary N) is 2. The Morgan fingerprint density at radius 2 is 2.21 bits per heavy atom. The Labute approximate surface area is 175 Å². The molecule has 2 aromatic heterocycles. The van der Waals surface area contributed by atoms with Crippen molar-refractivity contribution in [3.63, 3.8) is 0 Å². The first kappa shape index (κ1) is 22.6. The van der Waals surface area contributed by atoms with Gasteiger partial charge in [-0.25, -0.2) is 4.68 Å². The summed E-state index contributed by atoms with van der Waals surface area (Å²) in [6.07, 6.45) is 5.67. The molecule has 158 valence electrons. The van der Waals surface area contributed by atoms with E-state index >= 15 is 0 Å². The fourth-order valence-electron chi connectivity index (χ4n) is 3.19. The van der Waals surface area contributed by atoms with Crippen LogP contribution in [-0.2, 0) is 22.7 Å². The lowest BCUT2D eigenvalue weighted by molar-refractivity contribution is -0.127. The van der Waals surface area contributed by atoms with Gasteiger partial charge in [-0.3, -0.25) is 9.59 Å². The van der Waals surface area contributed by atoms with E-state index in [-0.39, 0.29) is 36.3 Å². The molecule has 2 amide bonds. The third-order valence-electron chi connectivity index (χ3n) is 4.61. The minimum Gasteiger partial charge on any atom is -0.467 e. The maximum Gasteiger partial charge on any atom is 0.247 e. The SMILES string of the molecule is CNC(=O)[C@@H]1C[C@@H](n2cc(CN(Cc3ccco3)C(=O)C=C(C)C)nn2)CN1.Cl. The Balaban J connectivity index is 0.00000300. The van der Waals surface area contributed by atoms with Crippen molar-refractivity contribution in [2.75, 3.05) is 13.6 Å². The van der Waals surface area contributed by atoms with Gasteiger partial charge in [-0.2, -0.15) is 0 Å². The zero-order valence-corrected chi connectivity index (χ0v) is 17.6. The molecular formula is C19H27ClN6O3. The Morgan fingerprint density at radius 3 is 2.86 bits per heavy atom. The van der Waals surface area contributed by atoms with Gasteiger partial charge in [0.05, 0.1) is 37.6 Å². The van der Waals surface area contributed by atoms with Crippen molar-refractivity contribution in [2.24, 2.45) is 0 Å². The van der Waals surface area contributed by atoms with E-state index in [1.165, 1.54) is 0 Å². The highest BCUT2D eigenvalue weighted by Gasteiger charge is 2.30. The molecule has 0 aromatic carbocycles. The lowest BCUT2D eigenvalue weighted by Crippen LogP contribution is -2.38. The summed E-state index contributed by atoms with van der Waals surface area (Å²) in [6.45, 7) is 5.09. The highest BCUT2D eigenvalue weighted by molar-refractivity contribution is 5.88. The van der Waals surface area contributed by atoms with Crippen LogP contribution in [0.5, 0.6) is 0 Å². The van der Waals surface area contributed by atoms with Crippen LogP contribution >= 0.6 is 12.4 Å². The predicted molar refractivity (Wildman–Crippen MR) is 109 cm³/mol. The van der Waals surface area contributed by atoms with E-state index in [1.807, 2.05) is 26.1 Å². The van der Waals surface area contributed by atoms with Gasteiger partial charge in [-0.1, -0.05) is 10.8 Å². The van der Waals surface area contributed by atoms with Gasteiger partial charge in [0.25, 0.3) is 0 Å². The van der Waals surface area contributed by atoms with Crippen molar-refractivity contribution in [1.82, 2.24) is 30.5 Å². The normalized spacial score (nSPS) is 18.0. The van der Waals surface area contributed by atoms with Gasteiger partial charge >= 0.3 is 0 Å². The summed E-state index contributed by atoms with van der Waals surface area (Å²) < 4.78 is 7.15. The van der Waals surface area contributed by atoms with E-state index in [4.69, 9.17) is 4.42 Å². The zero-order valence-electron chi connectivity index (χ0n) is 16.8. The molecule has 0 saturated carbocycles. The molecule has 1 fully saturated rings. The molecule has 2 aromatic rings. The number of carbonyl (C=O) groups excluding carboxylic acids is 2. The van der Waals surface area contributed by atoms with Crippen LogP contribution in [0.15, 0.2) is 40.7 Å². The van der Waals surface area contributed by atoms with Gasteiger partial charge in [0.2, 0.25) is 11.8 Å². The Kier molecular flexibility index (Phi) is 7.98. The fourth-order valence-corrected chi connectivity index (χ4v) is 3.19. The number of aromatic nitrogens is 3. The molecule has 0 radical (unpaired) electrons. The highest BCUT2D eigenvalue weighted by Crippen LogP contribution is 2.19. The third kappa shape index (κ3) is 5.91. The van der Waals surface area contributed by atoms with Crippen LogP contribution in [0.25, 0.3) is 0 Å². The zero-order chi connectivity index (χ0) is 20.1. The molecule has 3 rings (SSSR count). The number of carbonyl (C=O) groups is 2. The average Bonchev–Trinajstić information content (AvgIpc) is 3.41. The molecule has 3 heterocycles. The Bertz CT molecular complexity index is 844. The molecule has 1 aliphatic rings. The van der Waals surface area contributed by atoms with Crippen LogP contribution in [0.1, 0.15) is 37.8 Å². The van der Waals surface area contributed by atoms with Gasteiger partial charge in [0.1, 0.15) is 11.5 Å². The molecule has 1 aliphatic heterocycles. The maximum absolute atomic E-state index is 12.6. The minimum absolute atomic E-state index is 0. The van der Waals surface area contributed by atoms with E-state index in [0.29, 0.717) is 37.5 Å². The Hall–Kier alpha value is -2.65. The maximum atomic E-state index is 12.6. The fraction of sp³-hybridized carbons (Fsp3) is 0.474. The van der Waals surface area contributed by atoms with Gasteiger partial charge < -0.3 is 20.0 Å². The van der Waals surface area contributed by atoms with Crippen LogP contribution < -0.4 is 10.6 Å². The van der Waals surface area contributed by atoms with Crippen molar-refractivity contribution in [3.8, 4) is 0 Å². The molecule has 0 aliphatic carbocycles. The monoisotopic (exact) mass is 422 g/mol. The van der Waals surface area contributed by atoms with E-state index in [0.717, 1.165) is 5.57 Å². The smallest absolute Gasteiger partial charge is 0.247 e. The van der Waals surface area contributed by atoms with E-state index in [9.17, 15) is 9.59 Å². The number of likely N-dealkylation sites (N-methyl/N-ethyl adjacent to an activating group) is 1. The second-order valence-electron chi connectivity index (χ2n) is 7.15. The van der Waals surface area contributed by atoms with Gasteiger partial charge in [0, 0.05) is 19.7 Å². The lowest BCUT2D eigenvalue weighted by Gasteiger charge is -2.19. The average molecular weight is 423 g/mol. The van der Waals surface area contributed by atoms with Gasteiger partial charge in [-0.05, 0) is 32.4 Å². The van der Waals surface area contributed by atoms with Crippen LogP contribution in [0, 0.1) is 0 Å². The number of amides is 2. The topological polar surface area (TPSA) is 105 Å². The van der Waals surface area contributed by atoms with Crippen LogP contribution in [-0.4, -0.2) is 51.3 Å². The molecule has 2 N–H and O–H groups in total. The third-order valence-corrected chi connectivity index (χ3v) is 4.61. The summed E-state index contributed by atoms with van der Waals surface area (Å²) in [5, 5.41) is 14.3. The molecule has 0 bridgehead atoms. The molecule has 0 unspecified atom stereocenters. The molecular weight excluding hydrogens is 396 g/mol. The number of hydrogen-bond donors (Lipinski definition) is 2. The second kappa shape index (κ2) is 10.2. The molecule has 0 spiro atoms. The summed E-state index contributed by atoms with van der Waals surface area (Å²) in [6, 6.07) is 3.46. The number of nitrogens with zero attached hydrogens (tertiary/aromatic N) is 4. The quantitative estimate of drug-likeness (QED) is 0.654. The van der Waals surface area contributed by atoms with Crippen LogP contribution in [0.2, 0.25) is 0 Å². The van der Waals surface area contributed by atoms with Gasteiger partial charge in [-0.15, -0.1) is 17.5 Å². The van der Waals surface area contributed by atoms with Crippen molar-refractivity contribution >= 4 is 24.2 Å². The summed E-state index contributed by atoms with van der Waals surface area (Å²) in [4.78, 5) is 26.0. The summed E-state index contributed by atoms with van der Waals surface area (Å²) in [5.74, 6) is 0.573. The van der Waals surface area contributed by atoms with Crippen molar-refractivity contribution in [1.29, 1.82) is 0 Å². The predicted octanol–water partition coefficient (Wildman–Crippen LogP) is 1.44. The molecule has 1 saturated heterocycles. The van der Waals surface area contributed by atoms with E-state index in [2.05, 4.69) is 20.9 Å². The number of halogens is 1. The van der Waals surface area contributed by atoms with Crippen molar-refractivity contribution in [3.05, 3.63) is 47.7 Å². The number of allylic oxidation sites excluding steroid dienone is 1. The van der Waals surface area contributed by atoms with Crippen LogP contribution in [0.3, 0.4) is 0 Å². The van der Waals surface area contributed by atoms with Crippen LogP contribution in [0.4, 0.5) is 0 Å². The number of rotatable bonds is 7. The summed E-state index contributed by atoms with van der Waals surface area (Å²) in [7, 11) is 1.63. The molecule has 29 heavy (non-hydrogen) atoms. The second-order valence-corrected chi connectivity index (χ2v) is 7.15. The first-order valence-electron chi connectivity index (χ1n) is 9.28. The largest absolute Gasteiger partial charge is 0.467 e. The molecule has 2 atom stereocenters. The standard InChI is InChI=1S/C19H26N6O3.ClH/c1-13(2)7-18(26)24(12-16-5-4-6-28-16)10-14-11-25(23-22-14)15-8-17(21-9-15)19(27)20-3;/h4-7,11,15,17,21H,8-10,12H2,1-3H3,(H,20,27);1H/t15-,17+;/m1./s1. The highest BCUT2D eigenvalue weighted by atomic mass is 35.5. The van der Waals surface area contributed by atoms with E-state index < -0.39 is 0 Å². The first-order valence-corrected chi connectivity index (χ1v) is 9.28. The van der Waals surface area contributed by atoms with E-state index in [1.54, 1.807) is 35.0 Å². The Morgan fingerprint density at radius 1 is 1.41 bits per heavy atom. The summed E-state index contributed by atoms with van der Waals surface area (Å²) in [5.41, 5.74) is 1.61. The van der Waals surface area contributed by atoms with Crippen molar-refractivity contribution in [2.45, 2.75) is 45.4 Å².